The van der Waals surface area contributed by atoms with Crippen molar-refractivity contribution >= 4 is 17.0 Å². The lowest BCUT2D eigenvalue weighted by Gasteiger charge is -2.11. The van der Waals surface area contributed by atoms with Crippen molar-refractivity contribution in [2.75, 3.05) is 0 Å². The van der Waals surface area contributed by atoms with E-state index in [1.54, 1.807) is 0 Å². The van der Waals surface area contributed by atoms with Gasteiger partial charge in [-0.1, -0.05) is 6.07 Å². The molecule has 0 fully saturated rings. The number of carboxylic acid groups (broad SMARTS) is 1. The standard InChI is InChI=1S/C10H7F3N2O3/c1-15-7-4(8(16)17)2-3-5(10(11,12)13)6(7)14-9(15)18/h2-3H,1H3,(H,14,18)(H,16,17)/p-1. The zero-order valence-corrected chi connectivity index (χ0v) is 8.96. The van der Waals surface area contributed by atoms with Crippen LogP contribution in [0.5, 0.6) is 0 Å². The average molecular weight is 259 g/mol. The first-order valence-corrected chi connectivity index (χ1v) is 4.73. The molecule has 18 heavy (non-hydrogen) atoms. The summed E-state index contributed by atoms with van der Waals surface area (Å²) in [6.07, 6.45) is -4.69. The third-order valence-corrected chi connectivity index (χ3v) is 2.58. The van der Waals surface area contributed by atoms with Gasteiger partial charge in [-0.15, -0.1) is 0 Å². The van der Waals surface area contributed by atoms with Gasteiger partial charge in [-0.3, -0.25) is 4.57 Å². The highest BCUT2D eigenvalue weighted by Gasteiger charge is 2.34. The van der Waals surface area contributed by atoms with Crippen LogP contribution in [0.4, 0.5) is 13.2 Å². The fraction of sp³-hybridized carbons (Fsp3) is 0.200. The molecule has 0 unspecified atom stereocenters. The monoisotopic (exact) mass is 259 g/mol. The Bertz CT molecular complexity index is 697. The summed E-state index contributed by atoms with van der Waals surface area (Å²) in [6, 6.07) is 1.37. The van der Waals surface area contributed by atoms with Crippen molar-refractivity contribution < 1.29 is 23.1 Å². The number of carbonyl (C=O) groups is 1. The minimum atomic E-state index is -4.69. The van der Waals surface area contributed by atoms with Crippen molar-refractivity contribution in [2.45, 2.75) is 6.18 Å². The summed E-state index contributed by atoms with van der Waals surface area (Å²) < 4.78 is 38.9. The van der Waals surface area contributed by atoms with Crippen LogP contribution in [0.25, 0.3) is 11.0 Å². The van der Waals surface area contributed by atoms with Crippen LogP contribution in [0.2, 0.25) is 0 Å². The Morgan fingerprint density at radius 1 is 1.39 bits per heavy atom. The van der Waals surface area contributed by atoms with E-state index in [9.17, 15) is 27.9 Å². The van der Waals surface area contributed by atoms with E-state index in [0.717, 1.165) is 10.6 Å². The van der Waals surface area contributed by atoms with Crippen LogP contribution >= 0.6 is 0 Å². The summed E-state index contributed by atoms with van der Waals surface area (Å²) in [6.45, 7) is 0. The SMILES string of the molecule is Cn1c(=O)[nH]c2c(C(F)(F)F)ccc(C(=O)[O-])c21. The number of imidazole rings is 1. The molecule has 0 spiro atoms. The highest BCUT2D eigenvalue weighted by atomic mass is 19.4. The summed E-state index contributed by atoms with van der Waals surface area (Å²) in [4.78, 5) is 24.1. The van der Waals surface area contributed by atoms with Crippen LogP contribution in [0.1, 0.15) is 15.9 Å². The third kappa shape index (κ3) is 1.66. The van der Waals surface area contributed by atoms with Crippen molar-refractivity contribution in [2.24, 2.45) is 7.05 Å². The number of nitrogens with one attached hydrogen (secondary N) is 1. The smallest absolute Gasteiger partial charge is 0.418 e. The number of carbonyl (C=O) groups excluding carboxylic acids is 1. The highest BCUT2D eigenvalue weighted by Crippen LogP contribution is 2.34. The molecule has 0 aliphatic rings. The van der Waals surface area contributed by atoms with Gasteiger partial charge in [0.05, 0.1) is 22.6 Å². The second-order valence-electron chi connectivity index (χ2n) is 3.66. The number of fused-ring (bicyclic) bond motifs is 1. The Balaban J connectivity index is 2.98. The van der Waals surface area contributed by atoms with E-state index in [0.29, 0.717) is 6.07 Å². The molecule has 0 bridgehead atoms. The Morgan fingerprint density at radius 2 is 2.00 bits per heavy atom. The summed E-state index contributed by atoms with van der Waals surface area (Å²) in [5.41, 5.74) is -3.30. The van der Waals surface area contributed by atoms with E-state index in [1.807, 2.05) is 4.98 Å². The number of carboxylic acids is 1. The fourth-order valence-electron chi connectivity index (χ4n) is 1.76. The summed E-state index contributed by atoms with van der Waals surface area (Å²) in [5.74, 6) is -1.65. The average Bonchev–Trinajstić information content (AvgIpc) is 2.52. The number of benzene rings is 1. The van der Waals surface area contributed by atoms with E-state index in [1.165, 1.54) is 7.05 Å². The molecule has 8 heteroatoms. The number of aryl methyl sites for hydroxylation is 1. The van der Waals surface area contributed by atoms with Crippen LogP contribution in [0, 0.1) is 0 Å². The molecule has 0 saturated carbocycles. The Kier molecular flexibility index (Phi) is 2.46. The zero-order valence-electron chi connectivity index (χ0n) is 8.96. The predicted molar refractivity (Wildman–Crippen MR) is 52.9 cm³/mol. The normalized spacial score (nSPS) is 12.0. The molecule has 1 heterocycles. The first kappa shape index (κ1) is 12.2. The number of hydrogen-bond acceptors (Lipinski definition) is 3. The van der Waals surface area contributed by atoms with Gasteiger partial charge in [0.15, 0.2) is 0 Å². The molecule has 5 nitrogen and oxygen atoms in total. The van der Waals surface area contributed by atoms with Gasteiger partial charge in [0.1, 0.15) is 0 Å². The van der Waals surface area contributed by atoms with Gasteiger partial charge in [0.25, 0.3) is 0 Å². The number of halogens is 3. The Hall–Kier alpha value is -2.25. The van der Waals surface area contributed by atoms with Crippen LogP contribution in [0.3, 0.4) is 0 Å². The molecule has 1 N–H and O–H groups in total. The summed E-state index contributed by atoms with van der Waals surface area (Å²) >= 11 is 0. The molecule has 0 amide bonds. The zero-order chi connectivity index (χ0) is 13.7. The van der Waals surface area contributed by atoms with E-state index in [2.05, 4.69) is 0 Å². The quantitative estimate of drug-likeness (QED) is 0.797. The van der Waals surface area contributed by atoms with Crippen LogP contribution in [-0.4, -0.2) is 15.5 Å². The lowest BCUT2D eigenvalue weighted by Crippen LogP contribution is -2.24. The molecule has 0 radical (unpaired) electrons. The minimum Gasteiger partial charge on any atom is -0.545 e. The van der Waals surface area contributed by atoms with E-state index < -0.39 is 34.5 Å². The molecule has 2 aromatic rings. The maximum Gasteiger partial charge on any atom is 0.418 e. The lowest BCUT2D eigenvalue weighted by atomic mass is 10.1. The third-order valence-electron chi connectivity index (χ3n) is 2.58. The van der Waals surface area contributed by atoms with Gasteiger partial charge < -0.3 is 14.9 Å². The van der Waals surface area contributed by atoms with Crippen LogP contribution in [0.15, 0.2) is 16.9 Å². The number of hydrogen-bond donors (Lipinski definition) is 1. The number of nitrogens with zero attached hydrogens (tertiary/aromatic N) is 1. The number of aromatic nitrogens is 2. The maximum atomic E-state index is 12.7. The van der Waals surface area contributed by atoms with Crippen molar-refractivity contribution in [1.29, 1.82) is 0 Å². The highest BCUT2D eigenvalue weighted by molar-refractivity contribution is 6.01. The molecular weight excluding hydrogens is 253 g/mol. The maximum absolute atomic E-state index is 12.7. The molecule has 1 aromatic heterocycles. The largest absolute Gasteiger partial charge is 0.545 e. The molecule has 0 saturated heterocycles. The van der Waals surface area contributed by atoms with Gasteiger partial charge in [-0.25, -0.2) is 4.79 Å². The van der Waals surface area contributed by atoms with Gasteiger partial charge in [-0.05, 0) is 6.07 Å². The first-order valence-electron chi connectivity index (χ1n) is 4.73. The topological polar surface area (TPSA) is 77.9 Å². The molecule has 0 atom stereocenters. The molecule has 2 rings (SSSR count). The summed E-state index contributed by atoms with van der Waals surface area (Å²) in [7, 11) is 1.17. The van der Waals surface area contributed by atoms with Gasteiger partial charge >= 0.3 is 11.9 Å². The second-order valence-corrected chi connectivity index (χ2v) is 3.66. The van der Waals surface area contributed by atoms with Crippen molar-refractivity contribution in [3.63, 3.8) is 0 Å². The number of aromatic amines is 1. The Morgan fingerprint density at radius 3 is 2.50 bits per heavy atom. The van der Waals surface area contributed by atoms with Gasteiger partial charge in [0.2, 0.25) is 0 Å². The Labute approximate surface area is 97.5 Å². The van der Waals surface area contributed by atoms with E-state index >= 15 is 0 Å². The van der Waals surface area contributed by atoms with Gasteiger partial charge in [-0.2, -0.15) is 13.2 Å². The molecule has 0 aliphatic heterocycles. The summed E-state index contributed by atoms with van der Waals surface area (Å²) in [5, 5.41) is 10.8. The molecule has 0 aliphatic carbocycles. The minimum absolute atomic E-state index is 0.338. The molecular formula is C10H6F3N2O3-. The van der Waals surface area contributed by atoms with Crippen LogP contribution in [-0.2, 0) is 13.2 Å². The lowest BCUT2D eigenvalue weighted by molar-refractivity contribution is -0.254. The predicted octanol–water partition coefficient (Wildman–Crippen LogP) is 0.249. The van der Waals surface area contributed by atoms with Gasteiger partial charge in [0, 0.05) is 12.6 Å². The van der Waals surface area contributed by atoms with Crippen LogP contribution < -0.4 is 10.8 Å². The van der Waals surface area contributed by atoms with Crippen molar-refractivity contribution in [1.82, 2.24) is 9.55 Å². The number of H-pyrrole nitrogens is 1. The fourth-order valence-corrected chi connectivity index (χ4v) is 1.76. The van der Waals surface area contributed by atoms with E-state index in [4.69, 9.17) is 0 Å². The second kappa shape index (κ2) is 3.62. The first-order chi connectivity index (χ1) is 8.23. The number of aromatic carboxylic acids is 1. The van der Waals surface area contributed by atoms with E-state index in [-0.39, 0.29) is 5.52 Å². The van der Waals surface area contributed by atoms with Crippen molar-refractivity contribution in [3.8, 4) is 0 Å². The number of rotatable bonds is 1. The van der Waals surface area contributed by atoms with Crippen molar-refractivity contribution in [3.05, 3.63) is 33.7 Å². The molecule has 1 aromatic carbocycles. The molecule has 96 valence electrons. The number of alkyl halides is 3.